The molecule has 0 atom stereocenters. The fraction of sp³-hybridized carbons (Fsp3) is 0.143. The number of nitrogens with zero attached hydrogens (tertiary/aromatic N) is 4. The maximum Gasteiger partial charge on any atom is 0.286 e. The summed E-state index contributed by atoms with van der Waals surface area (Å²) in [6.07, 6.45) is 1.78. The summed E-state index contributed by atoms with van der Waals surface area (Å²) in [5, 5.41) is 10.6. The number of imidazole rings is 1. The number of nitrogens with two attached hydrogens (primary N) is 1. The fourth-order valence-corrected chi connectivity index (χ4v) is 2.48. The van der Waals surface area contributed by atoms with E-state index in [0.717, 1.165) is 28.4 Å². The minimum absolute atomic E-state index is 0.239. The Bertz CT molecular complexity index is 820. The summed E-state index contributed by atoms with van der Waals surface area (Å²) in [5.74, 6) is -0.323. The van der Waals surface area contributed by atoms with Crippen molar-refractivity contribution in [3.05, 3.63) is 47.0 Å². The molecule has 0 unspecified atom stereocenters. The Morgan fingerprint density at radius 3 is 2.50 bits per heavy atom. The van der Waals surface area contributed by atoms with Crippen LogP contribution in [-0.2, 0) is 0 Å². The zero-order valence-electron chi connectivity index (χ0n) is 12.1. The van der Waals surface area contributed by atoms with Gasteiger partial charge in [0, 0.05) is 17.1 Å². The topological polar surface area (TPSA) is 98.7 Å². The van der Waals surface area contributed by atoms with E-state index in [0.29, 0.717) is 5.69 Å². The van der Waals surface area contributed by atoms with Crippen LogP contribution >= 0.6 is 11.3 Å². The third-order valence-electron chi connectivity index (χ3n) is 3.29. The Balaban J connectivity index is 1.77. The van der Waals surface area contributed by atoms with Gasteiger partial charge < -0.3 is 15.6 Å². The Morgan fingerprint density at radius 1 is 1.23 bits per heavy atom. The van der Waals surface area contributed by atoms with Crippen LogP contribution in [0.4, 0.5) is 10.8 Å². The molecule has 0 saturated carbocycles. The molecule has 2 heterocycles. The molecule has 2 aromatic heterocycles. The monoisotopic (exact) mass is 314 g/mol. The second-order valence-electron chi connectivity index (χ2n) is 4.73. The Kier molecular flexibility index (Phi) is 3.60. The molecule has 0 aliphatic rings. The SMILES string of the molecule is Cc1ncn(-c2ccc(NC(=O)c3nnc(N)s3)cc2)c1C. The van der Waals surface area contributed by atoms with E-state index in [1.807, 2.05) is 42.7 Å². The molecule has 0 spiro atoms. The van der Waals surface area contributed by atoms with Gasteiger partial charge in [-0.15, -0.1) is 10.2 Å². The average Bonchev–Trinajstić information content (AvgIpc) is 3.08. The molecule has 0 aliphatic heterocycles. The average molecular weight is 314 g/mol. The zero-order chi connectivity index (χ0) is 15.7. The first-order valence-corrected chi connectivity index (χ1v) is 7.37. The summed E-state index contributed by atoms with van der Waals surface area (Å²) in [4.78, 5) is 16.2. The van der Waals surface area contributed by atoms with Crippen LogP contribution < -0.4 is 11.1 Å². The number of benzene rings is 1. The predicted octanol–water partition coefficient (Wildman–Crippen LogP) is 2.18. The van der Waals surface area contributed by atoms with E-state index >= 15 is 0 Å². The minimum Gasteiger partial charge on any atom is -0.374 e. The summed E-state index contributed by atoms with van der Waals surface area (Å²) in [5.41, 5.74) is 9.20. The Morgan fingerprint density at radius 2 is 1.95 bits per heavy atom. The molecule has 3 N–H and O–H groups in total. The molecule has 0 aliphatic carbocycles. The van der Waals surface area contributed by atoms with Crippen molar-refractivity contribution in [3.63, 3.8) is 0 Å². The molecule has 7 nitrogen and oxygen atoms in total. The quantitative estimate of drug-likeness (QED) is 0.772. The van der Waals surface area contributed by atoms with Crippen LogP contribution in [0, 0.1) is 13.8 Å². The maximum atomic E-state index is 12.0. The summed E-state index contributed by atoms with van der Waals surface area (Å²) >= 11 is 1.05. The van der Waals surface area contributed by atoms with Crippen LogP contribution in [0.25, 0.3) is 5.69 Å². The van der Waals surface area contributed by atoms with Crippen LogP contribution in [0.3, 0.4) is 0 Å². The lowest BCUT2D eigenvalue weighted by Crippen LogP contribution is -2.11. The second-order valence-corrected chi connectivity index (χ2v) is 5.74. The van der Waals surface area contributed by atoms with Crippen LogP contribution in [0.15, 0.2) is 30.6 Å². The molecule has 0 saturated heterocycles. The first-order chi connectivity index (χ1) is 10.5. The van der Waals surface area contributed by atoms with E-state index in [1.165, 1.54) is 0 Å². The highest BCUT2D eigenvalue weighted by Crippen LogP contribution is 2.18. The molecule has 8 heteroatoms. The highest BCUT2D eigenvalue weighted by Gasteiger charge is 2.12. The van der Waals surface area contributed by atoms with E-state index in [9.17, 15) is 4.79 Å². The van der Waals surface area contributed by atoms with E-state index in [-0.39, 0.29) is 16.0 Å². The lowest BCUT2D eigenvalue weighted by molar-refractivity contribution is 0.102. The molecule has 3 rings (SSSR count). The van der Waals surface area contributed by atoms with Gasteiger partial charge in [0.15, 0.2) is 0 Å². The van der Waals surface area contributed by atoms with Gasteiger partial charge >= 0.3 is 0 Å². The van der Waals surface area contributed by atoms with Gasteiger partial charge in [-0.3, -0.25) is 4.79 Å². The molecule has 0 fully saturated rings. The van der Waals surface area contributed by atoms with Crippen molar-refractivity contribution in [1.29, 1.82) is 0 Å². The number of nitrogen functional groups attached to an aromatic ring is 1. The fourth-order valence-electron chi connectivity index (χ4n) is 1.98. The highest BCUT2D eigenvalue weighted by molar-refractivity contribution is 7.16. The maximum absolute atomic E-state index is 12.0. The van der Waals surface area contributed by atoms with Gasteiger partial charge in [-0.2, -0.15) is 0 Å². The number of carbonyl (C=O) groups is 1. The lowest BCUT2D eigenvalue weighted by atomic mass is 10.2. The van der Waals surface area contributed by atoms with Crippen LogP contribution in [0.2, 0.25) is 0 Å². The van der Waals surface area contributed by atoms with Gasteiger partial charge in [0.25, 0.3) is 5.91 Å². The van der Waals surface area contributed by atoms with Crippen molar-refractivity contribution >= 4 is 28.1 Å². The number of aryl methyl sites for hydroxylation is 1. The van der Waals surface area contributed by atoms with Gasteiger partial charge in [0.2, 0.25) is 10.1 Å². The highest BCUT2D eigenvalue weighted by atomic mass is 32.1. The van der Waals surface area contributed by atoms with Crippen molar-refractivity contribution in [2.24, 2.45) is 0 Å². The number of rotatable bonds is 3. The third-order valence-corrected chi connectivity index (χ3v) is 4.04. The van der Waals surface area contributed by atoms with E-state index < -0.39 is 0 Å². The van der Waals surface area contributed by atoms with Gasteiger partial charge in [-0.05, 0) is 38.1 Å². The van der Waals surface area contributed by atoms with Crippen LogP contribution in [-0.4, -0.2) is 25.7 Å². The summed E-state index contributed by atoms with van der Waals surface area (Å²) in [6, 6.07) is 7.48. The standard InChI is InChI=1S/C14H14N6OS/c1-8-9(2)20(7-16-8)11-5-3-10(4-6-11)17-12(21)13-18-19-14(15)22-13/h3-7H,1-2H3,(H2,15,19)(H,17,21). The summed E-state index contributed by atoms with van der Waals surface area (Å²) in [6.45, 7) is 3.98. The summed E-state index contributed by atoms with van der Waals surface area (Å²) in [7, 11) is 0. The summed E-state index contributed by atoms with van der Waals surface area (Å²) < 4.78 is 1.99. The molecule has 1 amide bonds. The number of hydrogen-bond donors (Lipinski definition) is 2. The Labute approximate surface area is 130 Å². The second kappa shape index (κ2) is 5.57. The number of nitrogens with one attached hydrogen (secondary N) is 1. The van der Waals surface area contributed by atoms with Crippen LogP contribution in [0.5, 0.6) is 0 Å². The molecule has 3 aromatic rings. The largest absolute Gasteiger partial charge is 0.374 e. The molecule has 112 valence electrons. The zero-order valence-corrected chi connectivity index (χ0v) is 12.9. The van der Waals surface area contributed by atoms with E-state index in [2.05, 4.69) is 20.5 Å². The smallest absolute Gasteiger partial charge is 0.286 e. The molecule has 0 bridgehead atoms. The minimum atomic E-state index is -0.323. The molecule has 1 aromatic carbocycles. The molecular formula is C14H14N6OS. The normalized spacial score (nSPS) is 10.6. The van der Waals surface area contributed by atoms with Crippen LogP contribution in [0.1, 0.15) is 21.2 Å². The Hall–Kier alpha value is -2.74. The van der Waals surface area contributed by atoms with Crippen molar-refractivity contribution in [2.75, 3.05) is 11.1 Å². The van der Waals surface area contributed by atoms with Gasteiger partial charge in [-0.25, -0.2) is 4.98 Å². The number of anilines is 2. The number of carbonyl (C=O) groups excluding carboxylic acids is 1. The first-order valence-electron chi connectivity index (χ1n) is 6.56. The van der Waals surface area contributed by atoms with Gasteiger partial charge in [-0.1, -0.05) is 11.3 Å². The van der Waals surface area contributed by atoms with Gasteiger partial charge in [0.1, 0.15) is 0 Å². The van der Waals surface area contributed by atoms with E-state index in [4.69, 9.17) is 5.73 Å². The third kappa shape index (κ3) is 2.68. The number of aromatic nitrogens is 4. The van der Waals surface area contributed by atoms with E-state index in [1.54, 1.807) is 6.33 Å². The van der Waals surface area contributed by atoms with Gasteiger partial charge in [0.05, 0.1) is 12.0 Å². The van der Waals surface area contributed by atoms with Crippen molar-refractivity contribution in [1.82, 2.24) is 19.7 Å². The predicted molar refractivity (Wildman–Crippen MR) is 85.3 cm³/mol. The van der Waals surface area contributed by atoms with Crippen molar-refractivity contribution < 1.29 is 4.79 Å². The molecular weight excluding hydrogens is 300 g/mol. The number of amides is 1. The van der Waals surface area contributed by atoms with Crippen molar-refractivity contribution in [2.45, 2.75) is 13.8 Å². The van der Waals surface area contributed by atoms with Crippen molar-refractivity contribution in [3.8, 4) is 5.69 Å². The molecule has 0 radical (unpaired) electrons. The molecule has 22 heavy (non-hydrogen) atoms. The first kappa shape index (κ1) is 14.2. The lowest BCUT2D eigenvalue weighted by Gasteiger charge is -2.07. The number of hydrogen-bond acceptors (Lipinski definition) is 6.